The maximum Gasteiger partial charge on any atom is 0.268 e. The molecule has 0 aliphatic carbocycles. The van der Waals surface area contributed by atoms with E-state index in [-0.39, 0.29) is 23.8 Å². The van der Waals surface area contributed by atoms with E-state index in [1.54, 1.807) is 51.5 Å². The molecule has 2 aromatic carbocycles. The highest BCUT2D eigenvalue weighted by atomic mass is 35.5. The van der Waals surface area contributed by atoms with Gasteiger partial charge in [-0.1, -0.05) is 11.6 Å². The molecule has 0 saturated carbocycles. The molecule has 0 atom stereocenters. The van der Waals surface area contributed by atoms with Crippen molar-refractivity contribution in [2.45, 2.75) is 26.3 Å². The Labute approximate surface area is 219 Å². The standard InChI is InChI=1S/C27H28ClN3O4S/c1-15(2)29-25(32)17-6-8-19-22(13-17)35-11-10-16-14-23(36-24(16)19)27(34)31(5)21-9-7-18(12-20(21)28)26(33)30(3)4/h6-9,12-15H,10-11H2,1-5H3,(H,29,32). The van der Waals surface area contributed by atoms with Crippen molar-refractivity contribution in [3.63, 3.8) is 0 Å². The number of fused-ring (bicyclic) bond motifs is 3. The minimum Gasteiger partial charge on any atom is -0.493 e. The number of amides is 3. The van der Waals surface area contributed by atoms with Gasteiger partial charge in [-0.3, -0.25) is 14.4 Å². The Hall–Kier alpha value is -3.36. The van der Waals surface area contributed by atoms with E-state index in [9.17, 15) is 14.4 Å². The summed E-state index contributed by atoms with van der Waals surface area (Å²) in [6.07, 6.45) is 0.646. The van der Waals surface area contributed by atoms with Crippen LogP contribution in [0.2, 0.25) is 5.02 Å². The van der Waals surface area contributed by atoms with E-state index < -0.39 is 0 Å². The minimum atomic E-state index is -0.197. The van der Waals surface area contributed by atoms with Crippen LogP contribution in [0.15, 0.2) is 42.5 Å². The molecule has 1 aliphatic heterocycles. The fourth-order valence-electron chi connectivity index (χ4n) is 3.98. The van der Waals surface area contributed by atoms with Crippen LogP contribution < -0.4 is 15.0 Å². The minimum absolute atomic E-state index is 0.0323. The topological polar surface area (TPSA) is 79.0 Å². The van der Waals surface area contributed by atoms with Crippen molar-refractivity contribution in [1.82, 2.24) is 10.2 Å². The molecule has 7 nitrogen and oxygen atoms in total. The van der Waals surface area contributed by atoms with Gasteiger partial charge >= 0.3 is 0 Å². The predicted molar refractivity (Wildman–Crippen MR) is 144 cm³/mol. The van der Waals surface area contributed by atoms with Crippen molar-refractivity contribution in [3.05, 3.63) is 69.1 Å². The van der Waals surface area contributed by atoms with Crippen LogP contribution >= 0.6 is 22.9 Å². The summed E-state index contributed by atoms with van der Waals surface area (Å²) in [6, 6.07) is 12.3. The van der Waals surface area contributed by atoms with Crippen LogP contribution in [0, 0.1) is 0 Å². The first-order valence-corrected chi connectivity index (χ1v) is 12.8. The Balaban J connectivity index is 1.62. The molecule has 9 heteroatoms. The molecule has 0 fully saturated rings. The lowest BCUT2D eigenvalue weighted by molar-refractivity contribution is 0.0827. The summed E-state index contributed by atoms with van der Waals surface area (Å²) >= 11 is 7.85. The Morgan fingerprint density at radius 1 is 1.00 bits per heavy atom. The molecule has 1 aliphatic rings. The molecule has 0 bridgehead atoms. The first kappa shape index (κ1) is 25.7. The van der Waals surface area contributed by atoms with Gasteiger partial charge in [0, 0.05) is 55.2 Å². The molecule has 2 heterocycles. The quantitative estimate of drug-likeness (QED) is 0.501. The number of anilines is 1. The van der Waals surface area contributed by atoms with Gasteiger partial charge in [-0.25, -0.2) is 0 Å². The maximum absolute atomic E-state index is 13.4. The first-order chi connectivity index (χ1) is 17.1. The summed E-state index contributed by atoms with van der Waals surface area (Å²) in [5.74, 6) is 0.116. The summed E-state index contributed by atoms with van der Waals surface area (Å²) in [4.78, 5) is 42.6. The summed E-state index contributed by atoms with van der Waals surface area (Å²) in [5.41, 5.74) is 3.39. The molecule has 0 radical (unpaired) electrons. The van der Waals surface area contributed by atoms with Gasteiger partial charge in [-0.05, 0) is 61.9 Å². The zero-order valence-corrected chi connectivity index (χ0v) is 22.4. The molecule has 36 heavy (non-hydrogen) atoms. The van der Waals surface area contributed by atoms with Crippen molar-refractivity contribution in [2.75, 3.05) is 32.6 Å². The molecular formula is C27H28ClN3O4S. The zero-order chi connectivity index (χ0) is 26.1. The van der Waals surface area contributed by atoms with E-state index in [4.69, 9.17) is 16.3 Å². The van der Waals surface area contributed by atoms with Gasteiger partial charge in [0.2, 0.25) is 0 Å². The Bertz CT molecular complexity index is 1350. The first-order valence-electron chi connectivity index (χ1n) is 11.6. The van der Waals surface area contributed by atoms with Gasteiger partial charge in [0.1, 0.15) is 5.75 Å². The summed E-state index contributed by atoms with van der Waals surface area (Å²) < 4.78 is 5.95. The van der Waals surface area contributed by atoms with Crippen molar-refractivity contribution >= 4 is 46.3 Å². The van der Waals surface area contributed by atoms with Crippen LogP contribution in [-0.4, -0.2) is 56.4 Å². The fraction of sp³-hybridized carbons (Fsp3) is 0.296. The molecule has 1 N–H and O–H groups in total. The Morgan fingerprint density at radius 3 is 2.39 bits per heavy atom. The van der Waals surface area contributed by atoms with E-state index in [2.05, 4.69) is 5.32 Å². The number of benzene rings is 2. The SMILES string of the molecule is CC(C)NC(=O)c1ccc2c(c1)OCCc1cc(C(=O)N(C)c3ccc(C(=O)N(C)C)cc3Cl)sc1-2. The average Bonchev–Trinajstić information content (AvgIpc) is 3.18. The smallest absolute Gasteiger partial charge is 0.268 e. The van der Waals surface area contributed by atoms with Gasteiger partial charge in [0.15, 0.2) is 0 Å². The molecule has 4 rings (SSSR count). The third kappa shape index (κ3) is 5.10. The molecule has 1 aromatic heterocycles. The molecule has 0 saturated heterocycles. The number of nitrogens with one attached hydrogen (secondary N) is 1. The van der Waals surface area contributed by atoms with Crippen LogP contribution in [0.3, 0.4) is 0 Å². The van der Waals surface area contributed by atoms with Gasteiger partial charge in [0.05, 0.1) is 22.2 Å². The van der Waals surface area contributed by atoms with Crippen LogP contribution in [0.25, 0.3) is 10.4 Å². The fourth-order valence-corrected chi connectivity index (χ4v) is 5.50. The largest absolute Gasteiger partial charge is 0.493 e. The van der Waals surface area contributed by atoms with E-state index in [1.807, 2.05) is 26.0 Å². The molecule has 3 aromatic rings. The third-order valence-electron chi connectivity index (χ3n) is 5.82. The van der Waals surface area contributed by atoms with Crippen LogP contribution in [0.5, 0.6) is 5.75 Å². The van der Waals surface area contributed by atoms with Gasteiger partial charge in [0.25, 0.3) is 17.7 Å². The van der Waals surface area contributed by atoms with Crippen LogP contribution in [-0.2, 0) is 6.42 Å². The number of rotatable bonds is 5. The van der Waals surface area contributed by atoms with E-state index in [1.165, 1.54) is 21.1 Å². The summed E-state index contributed by atoms with van der Waals surface area (Å²) in [7, 11) is 5.01. The number of ether oxygens (including phenoxy) is 1. The van der Waals surface area contributed by atoms with Gasteiger partial charge in [-0.2, -0.15) is 0 Å². The number of carbonyl (C=O) groups is 3. The van der Waals surface area contributed by atoms with Crippen molar-refractivity contribution < 1.29 is 19.1 Å². The van der Waals surface area contributed by atoms with Crippen molar-refractivity contribution in [2.24, 2.45) is 0 Å². The second kappa shape index (κ2) is 10.3. The summed E-state index contributed by atoms with van der Waals surface area (Å²) in [5, 5.41) is 3.22. The van der Waals surface area contributed by atoms with Gasteiger partial charge < -0.3 is 19.9 Å². The molecule has 188 valence electrons. The molecular weight excluding hydrogens is 498 g/mol. The third-order valence-corrected chi connectivity index (χ3v) is 7.33. The highest BCUT2D eigenvalue weighted by Crippen LogP contribution is 2.42. The van der Waals surface area contributed by atoms with E-state index in [0.29, 0.717) is 45.5 Å². The highest BCUT2D eigenvalue weighted by molar-refractivity contribution is 7.17. The van der Waals surface area contributed by atoms with Crippen LogP contribution in [0.4, 0.5) is 5.69 Å². The molecule has 0 unspecified atom stereocenters. The molecule has 3 amide bonds. The number of carbonyl (C=O) groups excluding carboxylic acids is 3. The Morgan fingerprint density at radius 2 is 1.72 bits per heavy atom. The summed E-state index contributed by atoms with van der Waals surface area (Å²) in [6.45, 7) is 4.27. The Kier molecular flexibility index (Phi) is 7.38. The van der Waals surface area contributed by atoms with Crippen molar-refractivity contribution in [3.8, 4) is 16.2 Å². The normalized spacial score (nSPS) is 12.2. The number of hydrogen-bond donors (Lipinski definition) is 1. The second-order valence-electron chi connectivity index (χ2n) is 9.13. The number of nitrogens with zero attached hydrogens (tertiary/aromatic N) is 2. The average molecular weight is 526 g/mol. The second-order valence-corrected chi connectivity index (χ2v) is 10.6. The zero-order valence-electron chi connectivity index (χ0n) is 20.8. The van der Waals surface area contributed by atoms with Gasteiger partial charge in [-0.15, -0.1) is 11.3 Å². The lowest BCUT2D eigenvalue weighted by Gasteiger charge is -2.19. The number of thiophene rings is 1. The van der Waals surface area contributed by atoms with E-state index in [0.717, 1.165) is 16.0 Å². The number of halogens is 1. The van der Waals surface area contributed by atoms with E-state index >= 15 is 0 Å². The lowest BCUT2D eigenvalue weighted by Crippen LogP contribution is -2.30. The number of hydrogen-bond acceptors (Lipinski definition) is 5. The maximum atomic E-state index is 13.4. The lowest BCUT2D eigenvalue weighted by atomic mass is 10.0. The van der Waals surface area contributed by atoms with Crippen molar-refractivity contribution in [1.29, 1.82) is 0 Å². The molecule has 0 spiro atoms. The van der Waals surface area contributed by atoms with Crippen LogP contribution in [0.1, 0.15) is 49.8 Å². The highest BCUT2D eigenvalue weighted by Gasteiger charge is 2.25. The predicted octanol–water partition coefficient (Wildman–Crippen LogP) is 5.12. The monoisotopic (exact) mass is 525 g/mol.